The highest BCUT2D eigenvalue weighted by molar-refractivity contribution is 5.97. The molecule has 1 rings (SSSR count). The van der Waals surface area contributed by atoms with E-state index in [-0.39, 0.29) is 13.0 Å². The van der Waals surface area contributed by atoms with Crippen LogP contribution in [0.15, 0.2) is 0 Å². The lowest BCUT2D eigenvalue weighted by molar-refractivity contribution is -0.149. The van der Waals surface area contributed by atoms with E-state index in [1.807, 2.05) is 0 Å². The van der Waals surface area contributed by atoms with E-state index in [0.717, 1.165) is 4.90 Å². The van der Waals surface area contributed by atoms with E-state index in [1.54, 1.807) is 0 Å². The number of carbonyl (C=O) groups is 7. The minimum atomic E-state index is -1.45. The number of hydrogen-bond acceptors (Lipinski definition) is 8. The van der Waals surface area contributed by atoms with E-state index in [0.29, 0.717) is 6.42 Å². The van der Waals surface area contributed by atoms with Gasteiger partial charge >= 0.3 is 5.97 Å². The monoisotopic (exact) mass is 471 g/mol. The van der Waals surface area contributed by atoms with Gasteiger partial charge in [-0.1, -0.05) is 0 Å². The number of nitrogens with zero attached hydrogens (tertiary/aromatic N) is 1. The largest absolute Gasteiger partial charge is 0.480 e. The summed E-state index contributed by atoms with van der Waals surface area (Å²) in [6.45, 7) is 0.924. The molecule has 33 heavy (non-hydrogen) atoms. The second-order valence-electron chi connectivity index (χ2n) is 7.48. The third kappa shape index (κ3) is 8.36. The molecule has 0 aromatic heterocycles. The van der Waals surface area contributed by atoms with Gasteiger partial charge in [0, 0.05) is 6.54 Å². The van der Waals surface area contributed by atoms with Gasteiger partial charge in [-0.2, -0.15) is 0 Å². The summed E-state index contributed by atoms with van der Waals surface area (Å²) in [5, 5.41) is 16.0. The molecular formula is C18H29N7O8. The minimum Gasteiger partial charge on any atom is -0.480 e. The average molecular weight is 471 g/mol. The Morgan fingerprint density at radius 3 is 2.03 bits per heavy atom. The molecule has 0 bridgehead atoms. The quantitative estimate of drug-likeness (QED) is 0.144. The van der Waals surface area contributed by atoms with E-state index < -0.39 is 85.0 Å². The number of carboxylic acids is 1. The molecule has 6 amide bonds. The molecule has 0 aliphatic carbocycles. The zero-order chi connectivity index (χ0) is 25.3. The molecule has 0 unspecified atom stereocenters. The Balaban J connectivity index is 2.89. The van der Waals surface area contributed by atoms with E-state index in [9.17, 15) is 38.7 Å². The van der Waals surface area contributed by atoms with Crippen molar-refractivity contribution in [2.75, 3.05) is 13.1 Å². The molecule has 1 fully saturated rings. The fraction of sp³-hybridized carbons (Fsp3) is 0.611. The molecule has 0 spiro atoms. The van der Waals surface area contributed by atoms with Crippen molar-refractivity contribution in [1.29, 1.82) is 0 Å². The van der Waals surface area contributed by atoms with Crippen LogP contribution in [0.1, 0.15) is 32.6 Å². The van der Waals surface area contributed by atoms with E-state index in [4.69, 9.17) is 17.2 Å². The van der Waals surface area contributed by atoms with Crippen LogP contribution in [0.4, 0.5) is 0 Å². The molecule has 10 N–H and O–H groups in total. The summed E-state index contributed by atoms with van der Waals surface area (Å²) in [6.07, 6.45) is -0.492. The maximum Gasteiger partial charge on any atom is 0.326 e. The lowest BCUT2D eigenvalue weighted by Crippen LogP contribution is -2.58. The highest BCUT2D eigenvalue weighted by atomic mass is 16.4. The van der Waals surface area contributed by atoms with Gasteiger partial charge in [-0.3, -0.25) is 28.8 Å². The Labute approximate surface area is 188 Å². The standard InChI is InChI=1S/C18H29N7O8/c1-8(22-16(30)9(5-12(20)26)23-14(28)7-19)15(29)24-10(6-13(21)27)17(31)25-4-2-3-11(25)18(32)33/h8-11H,2-7,19H2,1H3,(H2,20,26)(H2,21,27)(H,22,30)(H,23,28)(H,24,29)(H,32,33)/t8-,9-,10-,11-/m0/s1. The van der Waals surface area contributed by atoms with Crippen molar-refractivity contribution in [3.05, 3.63) is 0 Å². The third-order valence-electron chi connectivity index (χ3n) is 4.84. The fourth-order valence-electron chi connectivity index (χ4n) is 3.23. The maximum atomic E-state index is 12.8. The second kappa shape index (κ2) is 12.3. The SMILES string of the molecule is C[C@H](NC(=O)[C@H](CC(N)=O)NC(=O)CN)C(=O)N[C@@H](CC(N)=O)C(=O)N1CCC[C@H]1C(=O)O. The van der Waals surface area contributed by atoms with Crippen molar-refractivity contribution in [2.24, 2.45) is 17.2 Å². The summed E-state index contributed by atoms with van der Waals surface area (Å²) in [6, 6.07) is -5.22. The highest BCUT2D eigenvalue weighted by Crippen LogP contribution is 2.19. The van der Waals surface area contributed by atoms with E-state index in [1.165, 1.54) is 6.92 Å². The molecule has 15 heteroatoms. The van der Waals surface area contributed by atoms with Gasteiger partial charge in [0.25, 0.3) is 0 Å². The van der Waals surface area contributed by atoms with Crippen LogP contribution in [0, 0.1) is 0 Å². The van der Waals surface area contributed by atoms with Gasteiger partial charge in [0.15, 0.2) is 0 Å². The number of rotatable bonds is 12. The summed E-state index contributed by atoms with van der Waals surface area (Å²) in [5.74, 6) is -6.37. The average Bonchev–Trinajstić information content (AvgIpc) is 3.21. The normalized spacial score (nSPS) is 17.9. The summed E-state index contributed by atoms with van der Waals surface area (Å²) in [5.41, 5.74) is 15.4. The molecule has 0 radical (unpaired) electrons. The first-order chi connectivity index (χ1) is 15.4. The minimum absolute atomic E-state index is 0.128. The van der Waals surface area contributed by atoms with Crippen molar-refractivity contribution in [3.8, 4) is 0 Å². The number of carboxylic acid groups (broad SMARTS) is 1. The molecule has 0 aromatic rings. The maximum absolute atomic E-state index is 12.8. The van der Waals surface area contributed by atoms with Gasteiger partial charge in [0.1, 0.15) is 24.2 Å². The van der Waals surface area contributed by atoms with Crippen LogP contribution in [-0.4, -0.2) is 88.7 Å². The lowest BCUT2D eigenvalue weighted by Gasteiger charge is -2.28. The molecule has 15 nitrogen and oxygen atoms in total. The fourth-order valence-corrected chi connectivity index (χ4v) is 3.23. The smallest absolute Gasteiger partial charge is 0.326 e. The highest BCUT2D eigenvalue weighted by Gasteiger charge is 2.38. The Morgan fingerprint density at radius 2 is 1.52 bits per heavy atom. The van der Waals surface area contributed by atoms with Crippen molar-refractivity contribution in [3.63, 3.8) is 0 Å². The Bertz CT molecular complexity index is 818. The molecule has 4 atom stereocenters. The van der Waals surface area contributed by atoms with Gasteiger partial charge in [-0.25, -0.2) is 4.79 Å². The number of hydrogen-bond donors (Lipinski definition) is 7. The van der Waals surface area contributed by atoms with Crippen LogP contribution in [0.2, 0.25) is 0 Å². The van der Waals surface area contributed by atoms with Gasteiger partial charge in [0.05, 0.1) is 19.4 Å². The van der Waals surface area contributed by atoms with Crippen LogP contribution in [0.3, 0.4) is 0 Å². The first-order valence-corrected chi connectivity index (χ1v) is 10.1. The number of likely N-dealkylation sites (tertiary alicyclic amines) is 1. The summed E-state index contributed by atoms with van der Waals surface area (Å²) < 4.78 is 0. The van der Waals surface area contributed by atoms with Crippen LogP contribution in [0.25, 0.3) is 0 Å². The van der Waals surface area contributed by atoms with Gasteiger partial charge in [0.2, 0.25) is 35.4 Å². The van der Waals surface area contributed by atoms with E-state index in [2.05, 4.69) is 16.0 Å². The first-order valence-electron chi connectivity index (χ1n) is 10.1. The Morgan fingerprint density at radius 1 is 0.939 bits per heavy atom. The number of nitrogens with two attached hydrogens (primary N) is 3. The number of nitrogens with one attached hydrogen (secondary N) is 3. The summed E-state index contributed by atoms with van der Waals surface area (Å²) in [7, 11) is 0. The topological polar surface area (TPSA) is 257 Å². The van der Waals surface area contributed by atoms with Gasteiger partial charge in [-0.05, 0) is 19.8 Å². The van der Waals surface area contributed by atoms with Crippen LogP contribution >= 0.6 is 0 Å². The zero-order valence-electron chi connectivity index (χ0n) is 18.0. The predicted octanol–water partition coefficient (Wildman–Crippen LogP) is -4.75. The van der Waals surface area contributed by atoms with Gasteiger partial charge in [-0.15, -0.1) is 0 Å². The Hall–Kier alpha value is -3.75. The van der Waals surface area contributed by atoms with Gasteiger partial charge < -0.3 is 43.2 Å². The van der Waals surface area contributed by atoms with Crippen LogP contribution < -0.4 is 33.2 Å². The molecule has 1 saturated heterocycles. The second-order valence-corrected chi connectivity index (χ2v) is 7.48. The van der Waals surface area contributed by atoms with Crippen molar-refractivity contribution >= 4 is 41.4 Å². The van der Waals surface area contributed by atoms with Crippen LogP contribution in [-0.2, 0) is 33.6 Å². The summed E-state index contributed by atoms with van der Waals surface area (Å²) in [4.78, 5) is 84.2. The number of amides is 6. The van der Waals surface area contributed by atoms with E-state index >= 15 is 0 Å². The molecule has 1 aliphatic heterocycles. The van der Waals surface area contributed by atoms with Crippen LogP contribution in [0.5, 0.6) is 0 Å². The molecule has 184 valence electrons. The molecule has 1 heterocycles. The number of aliphatic carboxylic acids is 1. The molecule has 0 aromatic carbocycles. The van der Waals surface area contributed by atoms with Crippen molar-refractivity contribution in [2.45, 2.75) is 56.8 Å². The van der Waals surface area contributed by atoms with Crippen molar-refractivity contribution < 1.29 is 38.7 Å². The molecule has 1 aliphatic rings. The Kier molecular flexibility index (Phi) is 10.2. The zero-order valence-corrected chi connectivity index (χ0v) is 18.0. The lowest BCUT2D eigenvalue weighted by atomic mass is 10.1. The number of primary amides is 2. The predicted molar refractivity (Wildman–Crippen MR) is 111 cm³/mol. The number of carbonyl (C=O) groups excluding carboxylic acids is 6. The summed E-state index contributed by atoms with van der Waals surface area (Å²) >= 11 is 0. The van der Waals surface area contributed by atoms with Crippen molar-refractivity contribution in [1.82, 2.24) is 20.9 Å². The molecular weight excluding hydrogens is 442 g/mol. The first kappa shape index (κ1) is 27.3. The third-order valence-corrected chi connectivity index (χ3v) is 4.84. The molecule has 0 saturated carbocycles.